The van der Waals surface area contributed by atoms with E-state index < -0.39 is 7.26 Å². The fraction of sp³-hybridized carbons (Fsp3) is 0.132. The Kier molecular flexibility index (Phi) is 9.16. The van der Waals surface area contributed by atoms with Gasteiger partial charge in [0.15, 0.2) is 11.7 Å². The van der Waals surface area contributed by atoms with Gasteiger partial charge in [-0.15, -0.1) is 0 Å². The topological polar surface area (TPSA) is 68.3 Å². The molecule has 0 saturated carbocycles. The van der Waals surface area contributed by atoms with Gasteiger partial charge in [0.25, 0.3) is 5.91 Å². The summed E-state index contributed by atoms with van der Waals surface area (Å²) in [5.74, 6) is 0.460. The lowest BCUT2D eigenvalue weighted by atomic mass is 9.98. The highest BCUT2D eigenvalue weighted by Gasteiger charge is 2.47. The van der Waals surface area contributed by atoms with Gasteiger partial charge in [-0.1, -0.05) is 91.9 Å². The molecule has 0 spiro atoms. The van der Waals surface area contributed by atoms with E-state index in [4.69, 9.17) is 4.74 Å². The highest BCUT2D eigenvalue weighted by Crippen LogP contribution is 2.55. The van der Waals surface area contributed by atoms with Crippen molar-refractivity contribution in [1.29, 1.82) is 0 Å². The molecule has 0 unspecified atom stereocenters. The second-order valence-electron chi connectivity index (χ2n) is 11.1. The van der Waals surface area contributed by atoms with Crippen LogP contribution in [-0.4, -0.2) is 29.4 Å². The van der Waals surface area contributed by atoms with Crippen molar-refractivity contribution in [3.8, 4) is 5.75 Å². The normalized spacial score (nSPS) is 11.4. The van der Waals surface area contributed by atoms with Crippen molar-refractivity contribution in [2.45, 2.75) is 19.8 Å². The van der Waals surface area contributed by atoms with Gasteiger partial charge < -0.3 is 4.74 Å². The number of nitrogens with zero attached hydrogens (tertiary/aromatic N) is 1. The van der Waals surface area contributed by atoms with Crippen LogP contribution in [0.4, 0.5) is 5.13 Å². The molecule has 6 rings (SSSR count). The van der Waals surface area contributed by atoms with Gasteiger partial charge in [0.1, 0.15) is 35.1 Å². The molecule has 0 bridgehead atoms. The number of hydrogen-bond donors (Lipinski definition) is 1. The van der Waals surface area contributed by atoms with E-state index in [1.165, 1.54) is 27.3 Å². The Morgan fingerprint density at radius 1 is 0.756 bits per heavy atom. The van der Waals surface area contributed by atoms with Gasteiger partial charge >= 0.3 is 0 Å². The van der Waals surface area contributed by atoms with Crippen molar-refractivity contribution < 1.29 is 14.3 Å². The Morgan fingerprint density at radius 3 is 1.87 bits per heavy atom. The minimum absolute atomic E-state index is 0.0712. The zero-order valence-corrected chi connectivity index (χ0v) is 26.9. The molecule has 0 aliphatic heterocycles. The lowest BCUT2D eigenvalue weighted by Crippen LogP contribution is -2.35. The van der Waals surface area contributed by atoms with Crippen LogP contribution in [0.1, 0.15) is 35.7 Å². The molecule has 5 nitrogen and oxygen atoms in total. The van der Waals surface area contributed by atoms with Crippen molar-refractivity contribution in [2.24, 2.45) is 0 Å². The number of rotatable bonds is 11. The third-order valence-electron chi connectivity index (χ3n) is 7.82. The molecular formula is C38H34N2O3PS+. The highest BCUT2D eigenvalue weighted by molar-refractivity contribution is 7.96. The molecule has 1 aromatic heterocycles. The van der Waals surface area contributed by atoms with Gasteiger partial charge in [-0.25, -0.2) is 4.98 Å². The largest absolute Gasteiger partial charge is 0.483 e. The van der Waals surface area contributed by atoms with Crippen LogP contribution in [0.2, 0.25) is 0 Å². The number of hydrogen-bond acceptors (Lipinski definition) is 5. The number of carbonyl (C=O) groups is 2. The summed E-state index contributed by atoms with van der Waals surface area (Å²) in [6, 6.07) is 44.6. The highest BCUT2D eigenvalue weighted by atomic mass is 32.1. The van der Waals surface area contributed by atoms with Crippen LogP contribution in [0.15, 0.2) is 133 Å². The number of ether oxygens (including phenoxy) is 1. The molecule has 0 radical (unpaired) electrons. The Bertz CT molecular complexity index is 1800. The molecule has 224 valence electrons. The molecule has 0 saturated heterocycles. The number of fused-ring (bicyclic) bond motifs is 1. The number of Topliss-reactive ketones (excluding diaryl/α,β-unsaturated/α-hetero) is 1. The zero-order chi connectivity index (χ0) is 31.2. The summed E-state index contributed by atoms with van der Waals surface area (Å²) >= 11 is 1.43. The maximum atomic E-state index is 14.3. The minimum Gasteiger partial charge on any atom is -0.483 e. The quantitative estimate of drug-likeness (QED) is 0.118. The third-order valence-corrected chi connectivity index (χ3v) is 13.1. The predicted molar refractivity (Wildman–Crippen MR) is 189 cm³/mol. The molecule has 1 amide bonds. The van der Waals surface area contributed by atoms with E-state index in [1.807, 2.05) is 60.7 Å². The maximum Gasteiger partial charge on any atom is 0.264 e. The number of benzene rings is 5. The van der Waals surface area contributed by atoms with E-state index in [9.17, 15) is 9.59 Å². The van der Waals surface area contributed by atoms with Crippen molar-refractivity contribution in [3.63, 3.8) is 0 Å². The van der Waals surface area contributed by atoms with E-state index in [0.717, 1.165) is 15.8 Å². The molecule has 6 aromatic rings. The number of thiazole rings is 1. The standard InChI is InChI=1S/C38H33N2O3PS/c1-27(2)32-24-28(22-23-35(32)43-25-37(42)40-38-39-33-20-12-13-21-36(33)45-38)34(41)26-44(29-14-6-3-7-15-29,30-16-8-4-9-17-30)31-18-10-5-11-19-31/h3-24,27H,25-26H2,1-2H3/p+1. The molecule has 1 N–H and O–H groups in total. The van der Waals surface area contributed by atoms with E-state index in [-0.39, 0.29) is 24.2 Å². The summed E-state index contributed by atoms with van der Waals surface area (Å²) in [6.07, 6.45) is 0.355. The van der Waals surface area contributed by atoms with Crippen LogP contribution in [0, 0.1) is 0 Å². The Labute approximate surface area is 268 Å². The van der Waals surface area contributed by atoms with Crippen molar-refractivity contribution >= 4 is 61.6 Å². The first-order valence-electron chi connectivity index (χ1n) is 14.9. The first kappa shape index (κ1) is 30.4. The Morgan fingerprint density at radius 2 is 1.31 bits per heavy atom. The first-order valence-corrected chi connectivity index (χ1v) is 17.7. The lowest BCUT2D eigenvalue weighted by molar-refractivity contribution is -0.118. The molecule has 0 aliphatic carbocycles. The number of aromatic nitrogens is 1. The number of ketones is 1. The van der Waals surface area contributed by atoms with Gasteiger partial charge in [0.05, 0.1) is 10.2 Å². The third kappa shape index (κ3) is 6.58. The smallest absolute Gasteiger partial charge is 0.264 e. The summed E-state index contributed by atoms with van der Waals surface area (Å²) < 4.78 is 7.02. The maximum absolute atomic E-state index is 14.3. The van der Waals surface area contributed by atoms with E-state index in [2.05, 4.69) is 96.9 Å². The van der Waals surface area contributed by atoms with E-state index in [0.29, 0.717) is 22.6 Å². The second kappa shape index (κ2) is 13.6. The summed E-state index contributed by atoms with van der Waals surface area (Å²) in [5, 5.41) is 6.88. The van der Waals surface area contributed by atoms with Crippen molar-refractivity contribution in [3.05, 3.63) is 145 Å². The minimum atomic E-state index is -2.33. The van der Waals surface area contributed by atoms with Gasteiger partial charge in [-0.2, -0.15) is 0 Å². The average molecular weight is 630 g/mol. The fourth-order valence-electron chi connectivity index (χ4n) is 5.60. The fourth-order valence-corrected chi connectivity index (χ4v) is 10.6. The zero-order valence-electron chi connectivity index (χ0n) is 25.2. The first-order chi connectivity index (χ1) is 21.9. The summed E-state index contributed by atoms with van der Waals surface area (Å²) in [4.78, 5) is 31.6. The van der Waals surface area contributed by atoms with Crippen LogP contribution in [0.3, 0.4) is 0 Å². The van der Waals surface area contributed by atoms with Crippen molar-refractivity contribution in [2.75, 3.05) is 18.1 Å². The summed E-state index contributed by atoms with van der Waals surface area (Å²) in [5.41, 5.74) is 2.37. The molecule has 0 atom stereocenters. The number of anilines is 1. The van der Waals surface area contributed by atoms with E-state index in [1.54, 1.807) is 0 Å². The molecule has 45 heavy (non-hydrogen) atoms. The summed E-state index contributed by atoms with van der Waals surface area (Å²) in [6.45, 7) is 3.97. The molecule has 0 fully saturated rings. The van der Waals surface area contributed by atoms with Gasteiger partial charge in [0.2, 0.25) is 5.78 Å². The number of nitrogens with one attached hydrogen (secondary N) is 1. The van der Waals surface area contributed by atoms with Crippen molar-refractivity contribution in [1.82, 2.24) is 4.98 Å². The monoisotopic (exact) mass is 629 g/mol. The van der Waals surface area contributed by atoms with E-state index >= 15 is 0 Å². The molecule has 1 heterocycles. The number of carbonyl (C=O) groups excluding carboxylic acids is 2. The molecule has 0 aliphatic rings. The van der Waals surface area contributed by atoms with Gasteiger partial charge in [-0.3, -0.25) is 14.9 Å². The number of amides is 1. The van der Waals surface area contributed by atoms with Crippen LogP contribution >= 0.6 is 18.6 Å². The number of para-hydroxylation sites is 1. The van der Waals surface area contributed by atoms with Crippen LogP contribution in [0.5, 0.6) is 5.75 Å². The van der Waals surface area contributed by atoms with Crippen LogP contribution < -0.4 is 26.0 Å². The predicted octanol–water partition coefficient (Wildman–Crippen LogP) is 7.61. The second-order valence-corrected chi connectivity index (χ2v) is 15.6. The van der Waals surface area contributed by atoms with Crippen LogP contribution in [-0.2, 0) is 4.79 Å². The summed E-state index contributed by atoms with van der Waals surface area (Å²) in [7, 11) is -2.33. The SMILES string of the molecule is CC(C)c1cc(C(=O)C[P+](c2ccccc2)(c2ccccc2)c2ccccc2)ccc1OCC(=O)Nc1nc2ccccc2s1. The molecular weight excluding hydrogens is 595 g/mol. The Balaban J connectivity index is 1.27. The molecule has 5 aromatic carbocycles. The van der Waals surface area contributed by atoms with Gasteiger partial charge in [0, 0.05) is 5.56 Å². The Hall–Kier alpha value is -4.64. The lowest BCUT2D eigenvalue weighted by Gasteiger charge is -2.27. The molecule has 7 heteroatoms. The van der Waals surface area contributed by atoms with Gasteiger partial charge in [-0.05, 0) is 78.2 Å². The van der Waals surface area contributed by atoms with Crippen LogP contribution in [0.25, 0.3) is 10.2 Å². The average Bonchev–Trinajstić information content (AvgIpc) is 3.49.